The van der Waals surface area contributed by atoms with Crippen LogP contribution in [-0.2, 0) is 9.24 Å². The fourth-order valence-electron chi connectivity index (χ4n) is 6.12. The van der Waals surface area contributed by atoms with Gasteiger partial charge in [0.05, 0.1) is 28.7 Å². The molecule has 292 valence electrons. The van der Waals surface area contributed by atoms with Gasteiger partial charge in [-0.25, -0.2) is 13.5 Å². The van der Waals surface area contributed by atoms with E-state index in [1.807, 2.05) is 42.5 Å². The average Bonchev–Trinajstić information content (AvgIpc) is 3.26. The molecule has 0 spiro atoms. The Bertz CT molecular complexity index is 2730. The molecule has 8 aromatic rings. The Morgan fingerprint density at radius 3 is 1.58 bits per heavy atom. The van der Waals surface area contributed by atoms with Crippen LogP contribution in [0, 0.1) is 11.6 Å². The van der Waals surface area contributed by atoms with E-state index in [9.17, 15) is 8.78 Å². The summed E-state index contributed by atoms with van der Waals surface area (Å²) in [5.74, 6) is 0.272. The quantitative estimate of drug-likeness (QED) is 0.0715. The van der Waals surface area contributed by atoms with Crippen molar-refractivity contribution in [2.75, 3.05) is 14.2 Å². The topological polar surface area (TPSA) is 131 Å². The van der Waals surface area contributed by atoms with Crippen molar-refractivity contribution in [2.24, 2.45) is 0 Å². The molecule has 0 radical (unpaired) electrons. The molecule has 0 aliphatic rings. The van der Waals surface area contributed by atoms with Crippen molar-refractivity contribution in [2.45, 2.75) is 0 Å². The van der Waals surface area contributed by atoms with E-state index in [4.69, 9.17) is 57.4 Å². The molecule has 0 aromatic heterocycles. The average molecular weight is 1010 g/mol. The van der Waals surface area contributed by atoms with Gasteiger partial charge < -0.3 is 29.7 Å². The van der Waals surface area contributed by atoms with E-state index < -0.39 is 27.0 Å². The van der Waals surface area contributed by atoms with Crippen molar-refractivity contribution in [1.82, 2.24) is 0 Å². The molecule has 8 aromatic carbocycles. The molecule has 0 saturated heterocycles. The van der Waals surface area contributed by atoms with E-state index in [-0.39, 0.29) is 66.9 Å². The van der Waals surface area contributed by atoms with Crippen LogP contribution < -0.4 is 76.5 Å². The third kappa shape index (κ3) is 14.1. The van der Waals surface area contributed by atoms with Gasteiger partial charge in [0.15, 0.2) is 0 Å². The molecule has 0 aliphatic carbocycles. The molecular weight excluding hydrogens is 980 g/mol. The second-order valence-corrected chi connectivity index (χ2v) is 14.1. The fraction of sp³-hybridized carbons (Fsp3) is 0.0476. The predicted octanol–water partition coefficient (Wildman–Crippen LogP) is 5.92. The number of fused-ring (bicyclic) bond motifs is 6. The molecule has 1 atom stereocenters. The van der Waals surface area contributed by atoms with E-state index in [1.165, 1.54) is 103 Å². The van der Waals surface area contributed by atoms with Crippen molar-refractivity contribution in [3.63, 3.8) is 0 Å². The molecule has 0 saturated carbocycles. The zero-order valence-electron chi connectivity index (χ0n) is 33.0. The van der Waals surface area contributed by atoms with Crippen molar-refractivity contribution >= 4 is 166 Å². The third-order valence-electron chi connectivity index (χ3n) is 8.69. The molecule has 18 heteroatoms. The van der Waals surface area contributed by atoms with Gasteiger partial charge in [0, 0.05) is 22.0 Å². The van der Waals surface area contributed by atoms with E-state index in [2.05, 4.69) is 75.2 Å². The number of ether oxygens (including phenoxy) is 2. The van der Waals surface area contributed by atoms with Crippen LogP contribution in [0.25, 0.3) is 54.2 Å². The number of benzene rings is 8. The van der Waals surface area contributed by atoms with Crippen LogP contribution in [0.2, 0.25) is 10.0 Å². The van der Waals surface area contributed by atoms with Crippen LogP contribution in [0.3, 0.4) is 0 Å². The zero-order chi connectivity index (χ0) is 43.2. The summed E-state index contributed by atoms with van der Waals surface area (Å²) in [6.45, 7) is 0. The summed E-state index contributed by atoms with van der Waals surface area (Å²) in [6.07, 6.45) is 0. The van der Waals surface area contributed by atoms with Crippen molar-refractivity contribution < 1.29 is 99.1 Å². The first-order valence-electron chi connectivity index (χ1n) is 17.7. The molecule has 0 aliphatic heterocycles. The molecule has 0 bridgehead atoms. The van der Waals surface area contributed by atoms with Gasteiger partial charge in [0.25, 0.3) is 0 Å². The Balaban J connectivity index is 0.000000233. The van der Waals surface area contributed by atoms with Crippen molar-refractivity contribution in [1.29, 1.82) is 0 Å². The Kier molecular flexibility index (Phi) is 25.1. The fourth-order valence-corrected chi connectivity index (χ4v) is 7.12. The summed E-state index contributed by atoms with van der Waals surface area (Å²) in [7, 11) is -1.69. The molecule has 2 N–H and O–H groups in total. The van der Waals surface area contributed by atoms with Crippen molar-refractivity contribution in [3.8, 4) is 22.6 Å². The third-order valence-corrected chi connectivity index (χ3v) is 10.2. The van der Waals surface area contributed by atoms with Gasteiger partial charge in [-0.05, 0) is 88.5 Å². The SMILES string of the molecule is COc1ccc2c(ccc3ccccc32)c1-c1cccc(Cl)c1F.COc1ccc2c(ccc3ccccc32)c1Br.O=[P+]([O-])O[O-].OB(O)c1cccc(Cl)c1F.[K+].[K][K]. The van der Waals surface area contributed by atoms with Crippen LogP contribution in [0.5, 0.6) is 11.5 Å². The van der Waals surface area contributed by atoms with Gasteiger partial charge in [-0.2, -0.15) is 0 Å². The minimum atomic E-state index is -3.15. The van der Waals surface area contributed by atoms with Crippen molar-refractivity contribution in [3.05, 3.63) is 160 Å². The minimum absolute atomic E-state index is 0. The summed E-state index contributed by atoms with van der Waals surface area (Å²) >= 11 is 17.5. The molecule has 8 rings (SSSR count). The summed E-state index contributed by atoms with van der Waals surface area (Å²) < 4.78 is 50.6. The predicted molar refractivity (Wildman–Crippen MR) is 236 cm³/mol. The second-order valence-electron chi connectivity index (χ2n) is 11.9. The van der Waals surface area contributed by atoms with Crippen LogP contribution in [0.1, 0.15) is 0 Å². The van der Waals surface area contributed by atoms with Crippen LogP contribution in [0.4, 0.5) is 8.78 Å². The molecule has 0 amide bonds. The van der Waals surface area contributed by atoms with Gasteiger partial charge in [-0.1, -0.05) is 126 Å². The molecule has 0 fully saturated rings. The Hall–Kier alpha value is 0.194. The first-order chi connectivity index (χ1) is 28.4. The van der Waals surface area contributed by atoms with Crippen LogP contribution in [0.15, 0.2) is 138 Å². The van der Waals surface area contributed by atoms with Gasteiger partial charge in [0.1, 0.15) is 23.1 Å². The summed E-state index contributed by atoms with van der Waals surface area (Å²) in [4.78, 5) is 8.87. The van der Waals surface area contributed by atoms with Crippen LogP contribution >= 0.6 is 47.4 Å². The van der Waals surface area contributed by atoms with E-state index in [1.54, 1.807) is 32.4 Å². The monoisotopic (exact) mass is 1010 g/mol. The zero-order valence-corrected chi connectivity index (χ0v) is 46.3. The molecular formula is C42H30BBrCl2F2K3O8P. The number of rotatable bonds is 5. The van der Waals surface area contributed by atoms with Gasteiger partial charge in [0.2, 0.25) is 0 Å². The summed E-state index contributed by atoms with van der Waals surface area (Å²) in [5, 5.41) is 34.9. The Morgan fingerprint density at radius 1 is 0.633 bits per heavy atom. The number of hydrogen-bond acceptors (Lipinski definition) is 8. The van der Waals surface area contributed by atoms with E-state index in [0.717, 1.165) is 37.3 Å². The van der Waals surface area contributed by atoms with E-state index >= 15 is 0 Å². The number of halogens is 5. The number of methoxy groups -OCH3 is 2. The van der Waals surface area contributed by atoms with E-state index in [0.29, 0.717) is 11.3 Å². The normalized spacial score (nSPS) is 10.4. The standard InChI is InChI=1S/C21H14ClFO.C15H11BrO.C6H5BClFO2.3K.HO4P/c1-24-19-12-11-15-14-6-3-2-5-13(14)9-10-16(15)20(19)17-7-4-8-18(22)21(17)23;1-17-14-9-8-12-11-5-3-2-4-10(11)6-7-13(12)15(14)16;8-5-3-1-2-4(6(5)9)7(10)11;;;;1-4-5(2)3/h2-12H,1H3;2-9H,1H3;1-3,10-11H;;;;1H/q;;;;;+1;/p-1. The van der Waals surface area contributed by atoms with Crippen LogP contribution in [-0.4, -0.2) is 94.5 Å². The number of hydrogen-bond donors (Lipinski definition) is 2. The molecule has 8 nitrogen and oxygen atoms in total. The summed E-state index contributed by atoms with van der Waals surface area (Å²) in [6, 6.07) is 42.0. The van der Waals surface area contributed by atoms with Gasteiger partial charge in [-0.3, -0.25) is 0 Å². The maximum atomic E-state index is 14.7. The summed E-state index contributed by atoms with van der Waals surface area (Å²) in [5.41, 5.74) is 0.957. The Labute approximate surface area is 452 Å². The van der Waals surface area contributed by atoms with Gasteiger partial charge in [-0.15, -0.1) is 0 Å². The van der Waals surface area contributed by atoms with Gasteiger partial charge >= 0.3 is 130 Å². The second kappa shape index (κ2) is 27.6. The molecule has 0 heterocycles. The maximum absolute atomic E-state index is 14.7. The molecule has 1 unspecified atom stereocenters. The first-order valence-corrected chi connectivity index (χ1v) is 36.4. The molecule has 60 heavy (non-hydrogen) atoms. The Morgan fingerprint density at radius 2 is 1.08 bits per heavy atom. The first kappa shape index (κ1) is 54.5.